The van der Waals surface area contributed by atoms with Crippen LogP contribution in [-0.2, 0) is 19.6 Å². The van der Waals surface area contributed by atoms with E-state index in [1.54, 1.807) is 12.1 Å². The summed E-state index contributed by atoms with van der Waals surface area (Å²) in [5, 5.41) is 11.7. The molecule has 8 nitrogen and oxygen atoms in total. The number of amides is 1. The number of hydrogen-bond acceptors (Lipinski definition) is 6. The maximum atomic E-state index is 12.5. The van der Waals surface area contributed by atoms with Crippen LogP contribution < -0.4 is 5.32 Å². The molecule has 0 aromatic heterocycles. The Morgan fingerprint density at radius 1 is 1.28 bits per heavy atom. The highest BCUT2D eigenvalue weighted by atomic mass is 32.2. The summed E-state index contributed by atoms with van der Waals surface area (Å²) in [6.45, 7) is 4.65. The second-order valence-electron chi connectivity index (χ2n) is 5.68. The van der Waals surface area contributed by atoms with Gasteiger partial charge >= 0.3 is 0 Å². The number of anilines is 1. The Hall–Kier alpha value is -1.52. The molecule has 2 rings (SSSR count). The SMILES string of the molecule is CCN(CCO)CC(=O)Nc1ccc(S(=O)(=O)N2CCOCC2)cc1. The standard InChI is InChI=1S/C16H25N3O5S/c1-2-18(7-10-20)13-16(21)17-14-3-5-15(6-4-14)25(22,23)19-8-11-24-12-9-19/h3-6,20H,2,7-13H2,1H3,(H,17,21). The van der Waals surface area contributed by atoms with E-state index in [1.807, 2.05) is 11.8 Å². The topological polar surface area (TPSA) is 99.2 Å². The Bertz CT molecular complexity index is 657. The average Bonchev–Trinajstić information content (AvgIpc) is 2.62. The number of nitrogens with one attached hydrogen (secondary N) is 1. The zero-order chi connectivity index (χ0) is 18.3. The molecule has 0 bridgehead atoms. The van der Waals surface area contributed by atoms with E-state index in [1.165, 1.54) is 16.4 Å². The third-order valence-corrected chi connectivity index (χ3v) is 5.89. The summed E-state index contributed by atoms with van der Waals surface area (Å²) in [7, 11) is -3.53. The van der Waals surface area contributed by atoms with Gasteiger partial charge in [0.05, 0.1) is 31.3 Å². The van der Waals surface area contributed by atoms with Crippen LogP contribution in [0.1, 0.15) is 6.92 Å². The second kappa shape index (κ2) is 9.25. The van der Waals surface area contributed by atoms with E-state index in [4.69, 9.17) is 9.84 Å². The molecule has 1 heterocycles. The van der Waals surface area contributed by atoms with Gasteiger partial charge in [0.2, 0.25) is 15.9 Å². The van der Waals surface area contributed by atoms with Crippen LogP contribution in [-0.4, -0.2) is 81.2 Å². The number of benzene rings is 1. The van der Waals surface area contributed by atoms with Crippen molar-refractivity contribution in [1.82, 2.24) is 9.21 Å². The number of nitrogens with zero attached hydrogens (tertiary/aromatic N) is 2. The number of sulfonamides is 1. The van der Waals surface area contributed by atoms with Gasteiger partial charge in [-0.1, -0.05) is 6.92 Å². The lowest BCUT2D eigenvalue weighted by Gasteiger charge is -2.26. The van der Waals surface area contributed by atoms with Crippen molar-refractivity contribution in [3.63, 3.8) is 0 Å². The van der Waals surface area contributed by atoms with Crippen LogP contribution in [0.5, 0.6) is 0 Å². The Kier molecular flexibility index (Phi) is 7.33. The fourth-order valence-electron chi connectivity index (χ4n) is 2.54. The van der Waals surface area contributed by atoms with E-state index in [-0.39, 0.29) is 24.0 Å². The molecule has 0 atom stereocenters. The Balaban J connectivity index is 1.98. The number of ether oxygens (including phenoxy) is 1. The molecule has 140 valence electrons. The summed E-state index contributed by atoms with van der Waals surface area (Å²) >= 11 is 0. The molecule has 2 N–H and O–H groups in total. The first-order chi connectivity index (χ1) is 12.0. The summed E-state index contributed by atoms with van der Waals surface area (Å²) < 4.78 is 31.6. The molecule has 1 aromatic rings. The minimum absolute atomic E-state index is 0.00475. The largest absolute Gasteiger partial charge is 0.395 e. The first-order valence-corrected chi connectivity index (χ1v) is 9.72. The first kappa shape index (κ1) is 19.8. The highest BCUT2D eigenvalue weighted by molar-refractivity contribution is 7.89. The average molecular weight is 371 g/mol. The van der Waals surface area contributed by atoms with Gasteiger partial charge in [0.1, 0.15) is 0 Å². The third-order valence-electron chi connectivity index (χ3n) is 3.98. The lowest BCUT2D eigenvalue weighted by Crippen LogP contribution is -2.40. The number of morpholine rings is 1. The van der Waals surface area contributed by atoms with Crippen molar-refractivity contribution in [2.75, 3.05) is 57.9 Å². The Morgan fingerprint density at radius 2 is 1.92 bits per heavy atom. The number of likely N-dealkylation sites (N-methyl/N-ethyl adjacent to an activating group) is 1. The molecular formula is C16H25N3O5S. The second-order valence-corrected chi connectivity index (χ2v) is 7.62. The maximum absolute atomic E-state index is 12.5. The summed E-state index contributed by atoms with van der Waals surface area (Å²) in [6.07, 6.45) is 0. The van der Waals surface area contributed by atoms with Gasteiger partial charge in [-0.2, -0.15) is 4.31 Å². The van der Waals surface area contributed by atoms with Crippen molar-refractivity contribution in [1.29, 1.82) is 0 Å². The van der Waals surface area contributed by atoms with Crippen molar-refractivity contribution in [2.24, 2.45) is 0 Å². The maximum Gasteiger partial charge on any atom is 0.243 e. The van der Waals surface area contributed by atoms with Gasteiger partial charge in [0.15, 0.2) is 0 Å². The van der Waals surface area contributed by atoms with Gasteiger partial charge in [0.25, 0.3) is 0 Å². The molecule has 0 aliphatic carbocycles. The van der Waals surface area contributed by atoms with E-state index in [0.29, 0.717) is 45.1 Å². The minimum Gasteiger partial charge on any atom is -0.395 e. The van der Waals surface area contributed by atoms with Gasteiger partial charge in [-0.3, -0.25) is 9.69 Å². The number of carbonyl (C=O) groups is 1. The molecule has 1 aromatic carbocycles. The zero-order valence-electron chi connectivity index (χ0n) is 14.3. The van der Waals surface area contributed by atoms with Crippen molar-refractivity contribution >= 4 is 21.6 Å². The van der Waals surface area contributed by atoms with E-state index >= 15 is 0 Å². The van der Waals surface area contributed by atoms with Crippen LogP contribution in [0.3, 0.4) is 0 Å². The lowest BCUT2D eigenvalue weighted by molar-refractivity contribution is -0.117. The molecule has 0 radical (unpaired) electrons. The van der Waals surface area contributed by atoms with Crippen molar-refractivity contribution in [3.8, 4) is 0 Å². The number of aliphatic hydroxyl groups is 1. The number of hydrogen-bond donors (Lipinski definition) is 2. The predicted molar refractivity (Wildman–Crippen MR) is 93.8 cm³/mol. The van der Waals surface area contributed by atoms with Crippen LogP contribution >= 0.6 is 0 Å². The molecule has 25 heavy (non-hydrogen) atoms. The third kappa shape index (κ3) is 5.48. The molecule has 1 aliphatic rings. The highest BCUT2D eigenvalue weighted by Gasteiger charge is 2.26. The van der Waals surface area contributed by atoms with Crippen molar-refractivity contribution in [2.45, 2.75) is 11.8 Å². The molecule has 0 spiro atoms. The van der Waals surface area contributed by atoms with Crippen LogP contribution in [0.2, 0.25) is 0 Å². The molecule has 1 fully saturated rings. The van der Waals surface area contributed by atoms with Gasteiger partial charge in [-0.15, -0.1) is 0 Å². The van der Waals surface area contributed by atoms with Gasteiger partial charge in [0, 0.05) is 25.3 Å². The van der Waals surface area contributed by atoms with E-state index in [0.717, 1.165) is 0 Å². The summed E-state index contributed by atoms with van der Waals surface area (Å²) in [6, 6.07) is 6.14. The van der Waals surface area contributed by atoms with Crippen molar-refractivity contribution < 1.29 is 23.1 Å². The minimum atomic E-state index is -3.53. The van der Waals surface area contributed by atoms with E-state index in [9.17, 15) is 13.2 Å². The number of rotatable bonds is 8. The molecular weight excluding hydrogens is 346 g/mol. The van der Waals surface area contributed by atoms with Crippen LogP contribution in [0, 0.1) is 0 Å². The molecule has 0 unspecified atom stereocenters. The fraction of sp³-hybridized carbons (Fsp3) is 0.562. The predicted octanol–water partition coefficient (Wildman–Crippen LogP) is -0.0398. The molecule has 1 aliphatic heterocycles. The van der Waals surface area contributed by atoms with Crippen molar-refractivity contribution in [3.05, 3.63) is 24.3 Å². The van der Waals surface area contributed by atoms with Gasteiger partial charge in [-0.25, -0.2) is 8.42 Å². The summed E-state index contributed by atoms with van der Waals surface area (Å²) in [5.41, 5.74) is 0.533. The van der Waals surface area contributed by atoms with Crippen LogP contribution in [0.25, 0.3) is 0 Å². The van der Waals surface area contributed by atoms with Gasteiger partial charge < -0.3 is 15.2 Å². The van der Waals surface area contributed by atoms with Gasteiger partial charge in [-0.05, 0) is 30.8 Å². The molecule has 0 saturated carbocycles. The van der Waals surface area contributed by atoms with Crippen LogP contribution in [0.15, 0.2) is 29.2 Å². The molecule has 9 heteroatoms. The van der Waals surface area contributed by atoms with Crippen LogP contribution in [0.4, 0.5) is 5.69 Å². The Labute approximate surface area is 148 Å². The highest BCUT2D eigenvalue weighted by Crippen LogP contribution is 2.19. The van der Waals surface area contributed by atoms with E-state index < -0.39 is 10.0 Å². The smallest absolute Gasteiger partial charge is 0.243 e. The fourth-order valence-corrected chi connectivity index (χ4v) is 3.95. The Morgan fingerprint density at radius 3 is 2.48 bits per heavy atom. The zero-order valence-corrected chi connectivity index (χ0v) is 15.2. The number of aliphatic hydroxyl groups excluding tert-OH is 1. The number of carbonyl (C=O) groups excluding carboxylic acids is 1. The molecule has 1 amide bonds. The molecule has 1 saturated heterocycles. The summed E-state index contributed by atoms with van der Waals surface area (Å²) in [4.78, 5) is 14.0. The first-order valence-electron chi connectivity index (χ1n) is 8.28. The quantitative estimate of drug-likeness (QED) is 0.665. The normalized spacial score (nSPS) is 16.1. The monoisotopic (exact) mass is 371 g/mol. The lowest BCUT2D eigenvalue weighted by atomic mass is 10.3. The van der Waals surface area contributed by atoms with E-state index in [2.05, 4.69) is 5.32 Å². The summed E-state index contributed by atoms with van der Waals surface area (Å²) in [5.74, 6) is -0.209.